The molecular weight excluding hydrogens is 494 g/mol. The Morgan fingerprint density at radius 2 is 1.67 bits per heavy atom. The molecule has 0 saturated carbocycles. The minimum Gasteiger partial charge on any atom is -0.335 e. The first-order valence-electron chi connectivity index (χ1n) is 11.3. The summed E-state index contributed by atoms with van der Waals surface area (Å²) in [5.74, 6) is -5.99. The first-order valence-corrected chi connectivity index (χ1v) is 11.3. The predicted octanol–water partition coefficient (Wildman–Crippen LogP) is 1.67. The number of imidazole rings is 1. The summed E-state index contributed by atoms with van der Waals surface area (Å²) in [6.07, 6.45) is -5.37. The average molecular weight is 518 g/mol. The summed E-state index contributed by atoms with van der Waals surface area (Å²) in [5.41, 5.74) is 5.36. The topological polar surface area (TPSA) is 96.5 Å². The summed E-state index contributed by atoms with van der Waals surface area (Å²) < 4.78 is 82.3. The Hall–Kier alpha value is -3.13. The van der Waals surface area contributed by atoms with E-state index in [0.717, 1.165) is 4.57 Å². The maximum absolute atomic E-state index is 13.9. The molecule has 1 saturated heterocycles. The van der Waals surface area contributed by atoms with Crippen molar-refractivity contribution in [1.29, 1.82) is 0 Å². The van der Waals surface area contributed by atoms with Gasteiger partial charge in [0.2, 0.25) is 11.7 Å². The fourth-order valence-corrected chi connectivity index (χ4v) is 4.41. The third kappa shape index (κ3) is 5.33. The number of hydrogen-bond acceptors (Lipinski definition) is 5. The van der Waals surface area contributed by atoms with Crippen molar-refractivity contribution in [2.75, 3.05) is 32.7 Å². The first-order chi connectivity index (χ1) is 17.0. The Kier molecular flexibility index (Phi) is 7.27. The highest BCUT2D eigenvalue weighted by molar-refractivity contribution is 5.94. The number of halogens is 6. The van der Waals surface area contributed by atoms with E-state index in [9.17, 15) is 35.9 Å². The maximum Gasteiger partial charge on any atom is 0.449 e. The number of fused-ring (bicyclic) bond motifs is 1. The van der Waals surface area contributed by atoms with Crippen LogP contribution in [0.1, 0.15) is 34.0 Å². The van der Waals surface area contributed by atoms with Crippen molar-refractivity contribution in [3.63, 3.8) is 0 Å². The van der Waals surface area contributed by atoms with Gasteiger partial charge in [-0.05, 0) is 18.1 Å². The number of nitrogens with zero attached hydrogens (tertiary/aromatic N) is 4. The number of aromatic nitrogens is 2. The molecule has 2 aliphatic heterocycles. The Balaban J connectivity index is 1.51. The van der Waals surface area contributed by atoms with E-state index in [2.05, 4.69) is 10.3 Å². The Labute approximate surface area is 202 Å². The van der Waals surface area contributed by atoms with Crippen LogP contribution in [0, 0.1) is 17.5 Å². The lowest BCUT2D eigenvalue weighted by Crippen LogP contribution is -2.47. The van der Waals surface area contributed by atoms with Crippen LogP contribution in [-0.2, 0) is 30.5 Å². The number of carbonyl (C=O) groups excluding carboxylic acids is 2. The SMILES string of the molecule is NC(CC(=O)N1CCn2c(C(F)(F)F)nc(C(=O)N3CCNCC3)c2C1)Cc1cc(F)c(F)cc1F. The molecule has 1 atom stereocenters. The van der Waals surface area contributed by atoms with E-state index in [1.807, 2.05) is 0 Å². The summed E-state index contributed by atoms with van der Waals surface area (Å²) in [6.45, 7) is 1.00. The van der Waals surface area contributed by atoms with E-state index in [1.54, 1.807) is 0 Å². The lowest BCUT2D eigenvalue weighted by atomic mass is 10.0. The van der Waals surface area contributed by atoms with E-state index in [4.69, 9.17) is 5.73 Å². The largest absolute Gasteiger partial charge is 0.449 e. The molecule has 1 fully saturated rings. The molecule has 1 unspecified atom stereocenters. The van der Waals surface area contributed by atoms with Gasteiger partial charge in [0.25, 0.3) is 5.91 Å². The van der Waals surface area contributed by atoms with Gasteiger partial charge >= 0.3 is 6.18 Å². The Morgan fingerprint density at radius 3 is 2.33 bits per heavy atom. The lowest BCUT2D eigenvalue weighted by molar-refractivity contribution is -0.148. The predicted molar refractivity (Wildman–Crippen MR) is 114 cm³/mol. The molecule has 0 spiro atoms. The lowest BCUT2D eigenvalue weighted by Gasteiger charge is -2.31. The molecule has 2 aromatic rings. The second-order valence-corrected chi connectivity index (χ2v) is 8.76. The van der Waals surface area contributed by atoms with Gasteiger partial charge in [-0.15, -0.1) is 0 Å². The minimum absolute atomic E-state index is 0.0225. The molecule has 3 N–H and O–H groups in total. The highest BCUT2D eigenvalue weighted by atomic mass is 19.4. The summed E-state index contributed by atoms with van der Waals surface area (Å²) in [7, 11) is 0. The summed E-state index contributed by atoms with van der Waals surface area (Å²) >= 11 is 0. The summed E-state index contributed by atoms with van der Waals surface area (Å²) in [5, 5.41) is 3.05. The molecule has 1 aromatic carbocycles. The number of nitrogens with two attached hydrogens (primary N) is 1. The van der Waals surface area contributed by atoms with Crippen LogP contribution in [0.25, 0.3) is 0 Å². The molecule has 36 heavy (non-hydrogen) atoms. The number of hydrogen-bond donors (Lipinski definition) is 2. The number of rotatable bonds is 5. The zero-order valence-electron chi connectivity index (χ0n) is 19.0. The molecule has 2 amide bonds. The van der Waals surface area contributed by atoms with Gasteiger partial charge in [0.1, 0.15) is 5.82 Å². The van der Waals surface area contributed by atoms with Gasteiger partial charge in [0.05, 0.1) is 12.2 Å². The summed E-state index contributed by atoms with van der Waals surface area (Å²) in [6, 6.07) is 0.0952. The number of nitrogens with one attached hydrogen (secondary N) is 1. The van der Waals surface area contributed by atoms with Crippen LogP contribution < -0.4 is 11.1 Å². The third-order valence-electron chi connectivity index (χ3n) is 6.23. The van der Waals surface area contributed by atoms with Gasteiger partial charge in [-0.1, -0.05) is 0 Å². The fraction of sp³-hybridized carbons (Fsp3) is 0.500. The van der Waals surface area contributed by atoms with Crippen LogP contribution in [0.15, 0.2) is 12.1 Å². The number of amides is 2. The number of alkyl halides is 3. The minimum atomic E-state index is -4.79. The molecule has 8 nitrogen and oxygen atoms in total. The molecule has 0 radical (unpaired) electrons. The molecule has 0 bridgehead atoms. The quantitative estimate of drug-likeness (QED) is 0.464. The van der Waals surface area contributed by atoms with Crippen LogP contribution in [0.5, 0.6) is 0 Å². The molecular formula is C22H24F6N6O2. The van der Waals surface area contributed by atoms with Gasteiger partial charge < -0.3 is 25.4 Å². The Bertz CT molecular complexity index is 1160. The normalized spacial score (nSPS) is 17.2. The Morgan fingerprint density at radius 1 is 1.00 bits per heavy atom. The van der Waals surface area contributed by atoms with Gasteiger partial charge in [-0.3, -0.25) is 9.59 Å². The standard InChI is InChI=1S/C22H24F6N6O2/c23-14-10-16(25)15(24)8-12(14)7-13(29)9-18(35)33-5-6-34-17(11-33)19(31-21(34)22(26,27)28)20(36)32-3-1-30-2-4-32/h8,10,13,30H,1-7,9,11,29H2. The van der Waals surface area contributed by atoms with Crippen LogP contribution in [-0.4, -0.2) is 69.9 Å². The average Bonchev–Trinajstić information content (AvgIpc) is 3.22. The van der Waals surface area contributed by atoms with Crippen LogP contribution in [0.3, 0.4) is 0 Å². The number of carbonyl (C=O) groups is 2. The monoisotopic (exact) mass is 518 g/mol. The third-order valence-corrected chi connectivity index (χ3v) is 6.23. The highest BCUT2D eigenvalue weighted by Crippen LogP contribution is 2.33. The first kappa shape index (κ1) is 25.9. The second-order valence-electron chi connectivity index (χ2n) is 8.76. The molecule has 14 heteroatoms. The van der Waals surface area contributed by atoms with Crippen LogP contribution in [0.2, 0.25) is 0 Å². The molecule has 4 rings (SSSR count). The second kappa shape index (κ2) is 10.1. The van der Waals surface area contributed by atoms with E-state index >= 15 is 0 Å². The molecule has 2 aliphatic rings. The van der Waals surface area contributed by atoms with Crippen molar-refractivity contribution >= 4 is 11.8 Å². The molecule has 196 valence electrons. The van der Waals surface area contributed by atoms with Gasteiger partial charge in [-0.2, -0.15) is 13.2 Å². The highest BCUT2D eigenvalue weighted by Gasteiger charge is 2.42. The van der Waals surface area contributed by atoms with E-state index < -0.39 is 47.3 Å². The fourth-order valence-electron chi connectivity index (χ4n) is 4.41. The van der Waals surface area contributed by atoms with E-state index in [-0.39, 0.29) is 49.4 Å². The van der Waals surface area contributed by atoms with Gasteiger partial charge in [-0.25, -0.2) is 18.2 Å². The van der Waals surface area contributed by atoms with Crippen LogP contribution in [0.4, 0.5) is 26.3 Å². The zero-order valence-corrected chi connectivity index (χ0v) is 19.0. The van der Waals surface area contributed by atoms with Gasteiger partial charge in [0, 0.05) is 57.8 Å². The zero-order chi connectivity index (χ0) is 26.2. The van der Waals surface area contributed by atoms with Crippen molar-refractivity contribution in [1.82, 2.24) is 24.7 Å². The van der Waals surface area contributed by atoms with E-state index in [1.165, 1.54) is 9.80 Å². The van der Waals surface area contributed by atoms with E-state index in [0.29, 0.717) is 38.3 Å². The van der Waals surface area contributed by atoms with Crippen molar-refractivity contribution in [3.8, 4) is 0 Å². The van der Waals surface area contributed by atoms with Crippen molar-refractivity contribution in [2.45, 2.75) is 38.1 Å². The molecule has 1 aromatic heterocycles. The van der Waals surface area contributed by atoms with Crippen molar-refractivity contribution in [3.05, 3.63) is 52.4 Å². The maximum atomic E-state index is 13.9. The number of piperazine rings is 1. The molecule has 0 aliphatic carbocycles. The van der Waals surface area contributed by atoms with Crippen molar-refractivity contribution in [2.24, 2.45) is 5.73 Å². The summed E-state index contributed by atoms with van der Waals surface area (Å²) in [4.78, 5) is 32.2. The van der Waals surface area contributed by atoms with Crippen molar-refractivity contribution < 1.29 is 35.9 Å². The number of benzene rings is 1. The van der Waals surface area contributed by atoms with Crippen LogP contribution >= 0.6 is 0 Å². The smallest absolute Gasteiger partial charge is 0.335 e. The van der Waals surface area contributed by atoms with Gasteiger partial charge in [0.15, 0.2) is 17.3 Å². The molecule has 3 heterocycles.